The Hall–Kier alpha value is -4.18. The molecule has 5 rings (SSSR count). The summed E-state index contributed by atoms with van der Waals surface area (Å²) in [6, 6.07) is 35.1. The van der Waals surface area contributed by atoms with E-state index < -0.39 is 0 Å². The number of para-hydroxylation sites is 2. The Morgan fingerprint density at radius 1 is 0.727 bits per heavy atom. The molecule has 0 atom stereocenters. The van der Waals surface area contributed by atoms with E-state index in [-0.39, 0.29) is 5.91 Å². The van der Waals surface area contributed by atoms with E-state index in [1.807, 2.05) is 49.4 Å². The third kappa shape index (κ3) is 4.28. The molecule has 162 valence electrons. The van der Waals surface area contributed by atoms with Crippen LogP contribution in [0.2, 0.25) is 0 Å². The lowest BCUT2D eigenvalue weighted by Crippen LogP contribution is -2.20. The van der Waals surface area contributed by atoms with E-state index in [0.29, 0.717) is 13.0 Å². The molecule has 0 saturated heterocycles. The molecule has 0 unspecified atom stereocenters. The lowest BCUT2D eigenvalue weighted by atomic mass is 10.0. The van der Waals surface area contributed by atoms with Crippen molar-refractivity contribution >= 4 is 33.4 Å². The van der Waals surface area contributed by atoms with Gasteiger partial charge in [0.25, 0.3) is 0 Å². The highest BCUT2D eigenvalue weighted by Crippen LogP contribution is 2.28. The fraction of sp³-hybridized carbons (Fsp3) is 0.103. The summed E-state index contributed by atoms with van der Waals surface area (Å²) < 4.78 is 2.21. The van der Waals surface area contributed by atoms with Gasteiger partial charge in [-0.2, -0.15) is 5.10 Å². The second-order valence-corrected chi connectivity index (χ2v) is 8.11. The van der Waals surface area contributed by atoms with Gasteiger partial charge >= 0.3 is 0 Å². The Kier molecular flexibility index (Phi) is 5.73. The highest BCUT2D eigenvalue weighted by Gasteiger charge is 2.11. The smallest absolute Gasteiger partial charge is 0.241 e. The number of carbonyl (C=O) groups excluding carboxylic acids is 1. The summed E-state index contributed by atoms with van der Waals surface area (Å²) in [6.45, 7) is 2.50. The van der Waals surface area contributed by atoms with Crippen molar-refractivity contribution in [3.63, 3.8) is 0 Å². The molecule has 1 aromatic heterocycles. The van der Waals surface area contributed by atoms with Crippen LogP contribution in [0.25, 0.3) is 32.9 Å². The molecule has 0 aliphatic heterocycles. The van der Waals surface area contributed by atoms with E-state index in [4.69, 9.17) is 0 Å². The standard InChI is InChI=1S/C29H25N3O/c1-21(22-15-17-24(18-16-22)23-9-3-2-4-10-23)30-31-29(33)19-20-32-27-13-7-5-11-25(27)26-12-6-8-14-28(26)32/h2-18H,19-20H2,1H3,(H,31,33). The second kappa shape index (κ2) is 9.13. The number of fused-ring (bicyclic) bond motifs is 3. The number of benzene rings is 4. The normalized spacial score (nSPS) is 11.7. The van der Waals surface area contributed by atoms with Crippen molar-refractivity contribution in [3.8, 4) is 11.1 Å². The van der Waals surface area contributed by atoms with Gasteiger partial charge in [0.05, 0.1) is 5.71 Å². The molecule has 0 saturated carbocycles. The van der Waals surface area contributed by atoms with E-state index >= 15 is 0 Å². The highest BCUT2D eigenvalue weighted by atomic mass is 16.2. The first-order chi connectivity index (χ1) is 16.2. The maximum atomic E-state index is 12.6. The van der Waals surface area contributed by atoms with Crippen LogP contribution in [0.1, 0.15) is 18.9 Å². The van der Waals surface area contributed by atoms with Gasteiger partial charge in [0.1, 0.15) is 0 Å². The lowest BCUT2D eigenvalue weighted by Gasteiger charge is -2.08. The van der Waals surface area contributed by atoms with E-state index in [2.05, 4.69) is 75.8 Å². The first-order valence-corrected chi connectivity index (χ1v) is 11.2. The number of hydrazone groups is 1. The molecule has 0 bridgehead atoms. The summed E-state index contributed by atoms with van der Waals surface area (Å²) >= 11 is 0. The van der Waals surface area contributed by atoms with E-state index in [1.165, 1.54) is 16.3 Å². The van der Waals surface area contributed by atoms with E-state index in [0.717, 1.165) is 27.9 Å². The summed E-state index contributed by atoms with van der Waals surface area (Å²) in [5, 5.41) is 6.75. The molecule has 0 radical (unpaired) electrons. The molecule has 0 fully saturated rings. The number of aromatic nitrogens is 1. The summed E-state index contributed by atoms with van der Waals surface area (Å²) in [7, 11) is 0. The minimum atomic E-state index is -0.0999. The van der Waals surface area contributed by atoms with Gasteiger partial charge in [-0.15, -0.1) is 0 Å². The van der Waals surface area contributed by atoms with Crippen LogP contribution in [0, 0.1) is 0 Å². The largest absolute Gasteiger partial charge is 0.340 e. The maximum Gasteiger partial charge on any atom is 0.241 e. The number of nitrogens with one attached hydrogen (secondary N) is 1. The van der Waals surface area contributed by atoms with Gasteiger partial charge in [-0.05, 0) is 35.7 Å². The number of rotatable bonds is 6. The molecule has 0 aliphatic carbocycles. The average molecular weight is 432 g/mol. The molecule has 33 heavy (non-hydrogen) atoms. The molecule has 1 heterocycles. The Morgan fingerprint density at radius 3 is 1.91 bits per heavy atom. The molecule has 1 N–H and O–H groups in total. The lowest BCUT2D eigenvalue weighted by molar-refractivity contribution is -0.121. The van der Waals surface area contributed by atoms with Crippen LogP contribution in [0.3, 0.4) is 0 Å². The van der Waals surface area contributed by atoms with Crippen LogP contribution < -0.4 is 5.43 Å². The third-order valence-corrected chi connectivity index (χ3v) is 6.00. The van der Waals surface area contributed by atoms with Crippen LogP contribution >= 0.6 is 0 Å². The molecule has 4 heteroatoms. The van der Waals surface area contributed by atoms with Gasteiger partial charge in [0.15, 0.2) is 0 Å². The van der Waals surface area contributed by atoms with Crippen molar-refractivity contribution in [2.75, 3.05) is 0 Å². The summed E-state index contributed by atoms with van der Waals surface area (Å²) in [5.74, 6) is -0.0999. The number of aryl methyl sites for hydroxylation is 1. The number of carbonyl (C=O) groups is 1. The first-order valence-electron chi connectivity index (χ1n) is 11.2. The minimum Gasteiger partial charge on any atom is -0.340 e. The van der Waals surface area contributed by atoms with Crippen molar-refractivity contribution in [3.05, 3.63) is 109 Å². The van der Waals surface area contributed by atoms with Gasteiger partial charge in [-0.25, -0.2) is 5.43 Å². The third-order valence-electron chi connectivity index (χ3n) is 6.00. The zero-order chi connectivity index (χ0) is 22.6. The predicted octanol–water partition coefficient (Wildman–Crippen LogP) is 6.39. The predicted molar refractivity (Wildman–Crippen MR) is 136 cm³/mol. The molecule has 4 nitrogen and oxygen atoms in total. The second-order valence-electron chi connectivity index (χ2n) is 8.11. The van der Waals surface area contributed by atoms with Crippen LogP contribution in [0.5, 0.6) is 0 Å². The van der Waals surface area contributed by atoms with Crippen LogP contribution in [0.15, 0.2) is 108 Å². The SMILES string of the molecule is CC(=NNC(=O)CCn1c2ccccc2c2ccccc21)c1ccc(-c2ccccc2)cc1. The Morgan fingerprint density at radius 2 is 1.27 bits per heavy atom. The number of hydrogen-bond donors (Lipinski definition) is 1. The van der Waals surface area contributed by atoms with Crippen molar-refractivity contribution in [2.45, 2.75) is 19.9 Å². The molecule has 5 aromatic rings. The highest BCUT2D eigenvalue weighted by molar-refractivity contribution is 6.08. The average Bonchev–Trinajstić information content (AvgIpc) is 3.20. The topological polar surface area (TPSA) is 46.4 Å². The molecular weight excluding hydrogens is 406 g/mol. The minimum absolute atomic E-state index is 0.0999. The Bertz CT molecular complexity index is 1390. The van der Waals surface area contributed by atoms with Gasteiger partial charge < -0.3 is 4.57 Å². The zero-order valence-electron chi connectivity index (χ0n) is 18.5. The molecular formula is C29H25N3O. The van der Waals surface area contributed by atoms with Crippen LogP contribution in [0.4, 0.5) is 0 Å². The number of amides is 1. The van der Waals surface area contributed by atoms with E-state index in [9.17, 15) is 4.79 Å². The van der Waals surface area contributed by atoms with E-state index in [1.54, 1.807) is 0 Å². The first kappa shape index (κ1) is 20.7. The fourth-order valence-corrected chi connectivity index (χ4v) is 4.26. The van der Waals surface area contributed by atoms with Crippen LogP contribution in [-0.2, 0) is 11.3 Å². The monoisotopic (exact) mass is 431 g/mol. The van der Waals surface area contributed by atoms with Gasteiger partial charge in [0, 0.05) is 34.8 Å². The molecule has 0 aliphatic rings. The summed E-state index contributed by atoms with van der Waals surface area (Å²) in [5.41, 5.74) is 9.10. The van der Waals surface area contributed by atoms with Crippen LogP contribution in [-0.4, -0.2) is 16.2 Å². The number of hydrogen-bond acceptors (Lipinski definition) is 2. The quantitative estimate of drug-likeness (QED) is 0.246. The van der Waals surface area contributed by atoms with Crippen molar-refractivity contribution in [1.82, 2.24) is 9.99 Å². The molecule has 0 spiro atoms. The van der Waals surface area contributed by atoms with Crippen molar-refractivity contribution in [1.29, 1.82) is 0 Å². The Labute approximate surface area is 193 Å². The summed E-state index contributed by atoms with van der Waals surface area (Å²) in [4.78, 5) is 12.6. The van der Waals surface area contributed by atoms with Gasteiger partial charge in [-0.3, -0.25) is 4.79 Å². The van der Waals surface area contributed by atoms with Gasteiger partial charge in [0.2, 0.25) is 5.91 Å². The summed E-state index contributed by atoms with van der Waals surface area (Å²) in [6.07, 6.45) is 0.354. The fourth-order valence-electron chi connectivity index (χ4n) is 4.26. The zero-order valence-corrected chi connectivity index (χ0v) is 18.5. The number of nitrogens with zero attached hydrogens (tertiary/aromatic N) is 2. The van der Waals surface area contributed by atoms with Crippen molar-refractivity contribution < 1.29 is 4.79 Å². The maximum absolute atomic E-state index is 12.6. The van der Waals surface area contributed by atoms with Crippen molar-refractivity contribution in [2.24, 2.45) is 5.10 Å². The Balaban J connectivity index is 1.26. The molecule has 1 amide bonds. The molecule has 4 aromatic carbocycles. The van der Waals surface area contributed by atoms with Gasteiger partial charge in [-0.1, -0.05) is 91.0 Å².